The average Bonchev–Trinajstić information content (AvgIpc) is 2.81. The maximum Gasteiger partial charge on any atom is 0.271 e. The van der Waals surface area contributed by atoms with Gasteiger partial charge in [-0.15, -0.1) is 0 Å². The number of aromatic nitrogens is 2. The molecule has 19 heavy (non-hydrogen) atoms. The zero-order valence-corrected chi connectivity index (χ0v) is 11.3. The first-order valence-corrected chi connectivity index (χ1v) is 6.62. The van der Waals surface area contributed by atoms with E-state index in [0.717, 1.165) is 32.8 Å². The van der Waals surface area contributed by atoms with Crippen molar-refractivity contribution in [3.63, 3.8) is 0 Å². The van der Waals surface area contributed by atoms with Gasteiger partial charge in [0.2, 0.25) is 0 Å². The molecule has 1 fully saturated rings. The van der Waals surface area contributed by atoms with Crippen molar-refractivity contribution in [2.75, 3.05) is 45.1 Å². The third-order valence-electron chi connectivity index (χ3n) is 3.20. The molecule has 0 unspecified atom stereocenters. The fraction of sp³-hybridized carbons (Fsp3) is 0.667. The summed E-state index contributed by atoms with van der Waals surface area (Å²) in [5.74, 6) is -0.162. The number of nitrogens with one attached hydrogen (secondary N) is 1. The van der Waals surface area contributed by atoms with E-state index in [1.54, 1.807) is 4.68 Å². The number of nitrogens with zero attached hydrogens (tertiary/aromatic N) is 3. The molecule has 1 aromatic heterocycles. The van der Waals surface area contributed by atoms with Crippen LogP contribution in [-0.2, 0) is 11.3 Å². The third-order valence-corrected chi connectivity index (χ3v) is 3.20. The molecule has 1 amide bonds. The van der Waals surface area contributed by atoms with E-state index in [9.17, 15) is 4.79 Å². The Bertz CT molecular complexity index is 426. The van der Waals surface area contributed by atoms with Crippen molar-refractivity contribution in [1.82, 2.24) is 20.0 Å². The summed E-state index contributed by atoms with van der Waals surface area (Å²) in [7, 11) is 0. The highest BCUT2D eigenvalue weighted by Gasteiger charge is 2.16. The number of carbonyl (C=O) groups excluding carboxylic acids is 1. The zero-order chi connectivity index (χ0) is 13.7. The smallest absolute Gasteiger partial charge is 0.271 e. The van der Waals surface area contributed by atoms with Crippen molar-refractivity contribution in [2.24, 2.45) is 0 Å². The second kappa shape index (κ2) is 6.53. The largest absolute Gasteiger partial charge is 0.396 e. The van der Waals surface area contributed by atoms with Crippen LogP contribution in [0.25, 0.3) is 0 Å². The summed E-state index contributed by atoms with van der Waals surface area (Å²) >= 11 is 0. The van der Waals surface area contributed by atoms with Crippen LogP contribution in [0.2, 0.25) is 0 Å². The first-order chi connectivity index (χ1) is 9.22. The molecule has 0 atom stereocenters. The fourth-order valence-corrected chi connectivity index (χ4v) is 2.12. The quantitative estimate of drug-likeness (QED) is 0.754. The molecule has 2 heterocycles. The number of anilines is 1. The van der Waals surface area contributed by atoms with E-state index in [2.05, 4.69) is 15.3 Å². The van der Waals surface area contributed by atoms with Crippen LogP contribution in [0.3, 0.4) is 0 Å². The van der Waals surface area contributed by atoms with Gasteiger partial charge in [0.05, 0.1) is 25.1 Å². The number of rotatable bonds is 5. The van der Waals surface area contributed by atoms with Crippen LogP contribution in [0.5, 0.6) is 0 Å². The lowest BCUT2D eigenvalue weighted by Gasteiger charge is -2.26. The minimum atomic E-state index is -0.162. The highest BCUT2D eigenvalue weighted by molar-refractivity contribution is 5.97. The number of amides is 1. The molecule has 0 bridgehead atoms. The van der Waals surface area contributed by atoms with Crippen LogP contribution >= 0.6 is 0 Å². The number of aryl methyl sites for hydroxylation is 1. The lowest BCUT2D eigenvalue weighted by atomic mass is 10.3. The van der Waals surface area contributed by atoms with E-state index in [-0.39, 0.29) is 5.91 Å². The number of ether oxygens (including phenoxy) is 1. The van der Waals surface area contributed by atoms with Gasteiger partial charge in [0.25, 0.3) is 5.91 Å². The SMILES string of the molecule is CCn1ncc(N)c1C(=O)NCCN1CCOCC1. The summed E-state index contributed by atoms with van der Waals surface area (Å²) < 4.78 is 6.89. The lowest BCUT2D eigenvalue weighted by Crippen LogP contribution is -2.41. The van der Waals surface area contributed by atoms with Gasteiger partial charge in [0.15, 0.2) is 0 Å². The van der Waals surface area contributed by atoms with Crippen molar-refractivity contribution in [1.29, 1.82) is 0 Å². The number of nitrogens with two attached hydrogens (primary N) is 1. The molecule has 0 spiro atoms. The van der Waals surface area contributed by atoms with Crippen molar-refractivity contribution < 1.29 is 9.53 Å². The molecule has 1 aromatic rings. The topological polar surface area (TPSA) is 85.4 Å². The Morgan fingerprint density at radius 1 is 1.53 bits per heavy atom. The average molecular weight is 267 g/mol. The van der Waals surface area contributed by atoms with E-state index in [1.165, 1.54) is 6.20 Å². The molecule has 0 radical (unpaired) electrons. The van der Waals surface area contributed by atoms with Crippen molar-refractivity contribution in [3.05, 3.63) is 11.9 Å². The summed E-state index contributed by atoms with van der Waals surface area (Å²) in [6, 6.07) is 0. The van der Waals surface area contributed by atoms with Gasteiger partial charge < -0.3 is 15.8 Å². The number of hydrogen-bond acceptors (Lipinski definition) is 5. The van der Waals surface area contributed by atoms with E-state index in [0.29, 0.717) is 24.5 Å². The second-order valence-electron chi connectivity index (χ2n) is 4.47. The molecule has 0 aliphatic carbocycles. The van der Waals surface area contributed by atoms with Crippen LogP contribution in [0.15, 0.2) is 6.20 Å². The molecule has 1 aliphatic heterocycles. The van der Waals surface area contributed by atoms with E-state index in [4.69, 9.17) is 10.5 Å². The second-order valence-corrected chi connectivity index (χ2v) is 4.47. The summed E-state index contributed by atoms with van der Waals surface area (Å²) in [6.07, 6.45) is 1.51. The van der Waals surface area contributed by atoms with Gasteiger partial charge in [-0.3, -0.25) is 14.4 Å². The van der Waals surface area contributed by atoms with Gasteiger partial charge in [0, 0.05) is 32.7 Å². The van der Waals surface area contributed by atoms with Gasteiger partial charge in [-0.05, 0) is 6.92 Å². The Balaban J connectivity index is 1.82. The Labute approximate surface area is 112 Å². The maximum atomic E-state index is 12.1. The van der Waals surface area contributed by atoms with Gasteiger partial charge in [0.1, 0.15) is 5.69 Å². The highest BCUT2D eigenvalue weighted by Crippen LogP contribution is 2.10. The van der Waals surface area contributed by atoms with Crippen LogP contribution in [-0.4, -0.2) is 60.0 Å². The summed E-state index contributed by atoms with van der Waals surface area (Å²) in [4.78, 5) is 14.3. The molecular weight excluding hydrogens is 246 g/mol. The van der Waals surface area contributed by atoms with Crippen molar-refractivity contribution >= 4 is 11.6 Å². The monoisotopic (exact) mass is 267 g/mol. The minimum absolute atomic E-state index is 0.162. The predicted molar refractivity (Wildman–Crippen MR) is 71.9 cm³/mol. The van der Waals surface area contributed by atoms with Crippen LogP contribution in [0.1, 0.15) is 17.4 Å². The molecule has 1 saturated heterocycles. The fourth-order valence-electron chi connectivity index (χ4n) is 2.12. The molecule has 0 saturated carbocycles. The summed E-state index contributed by atoms with van der Waals surface area (Å²) in [6.45, 7) is 7.37. The number of hydrogen-bond donors (Lipinski definition) is 2. The molecule has 106 valence electrons. The molecule has 1 aliphatic rings. The zero-order valence-electron chi connectivity index (χ0n) is 11.3. The maximum absolute atomic E-state index is 12.1. The van der Waals surface area contributed by atoms with E-state index < -0.39 is 0 Å². The van der Waals surface area contributed by atoms with Crippen LogP contribution in [0, 0.1) is 0 Å². The van der Waals surface area contributed by atoms with Gasteiger partial charge in [-0.25, -0.2) is 0 Å². The first-order valence-electron chi connectivity index (χ1n) is 6.62. The Hall–Kier alpha value is -1.60. The standard InChI is InChI=1S/C12H21N5O2/c1-2-17-11(10(13)9-15-17)12(18)14-3-4-16-5-7-19-8-6-16/h9H,2-8,13H2,1H3,(H,14,18). The molecule has 3 N–H and O–H groups in total. The lowest BCUT2D eigenvalue weighted by molar-refractivity contribution is 0.0383. The van der Waals surface area contributed by atoms with Gasteiger partial charge >= 0.3 is 0 Å². The number of carbonyl (C=O) groups is 1. The van der Waals surface area contributed by atoms with Gasteiger partial charge in [-0.1, -0.05) is 0 Å². The summed E-state index contributed by atoms with van der Waals surface area (Å²) in [5.41, 5.74) is 6.63. The molecule has 7 heteroatoms. The van der Waals surface area contributed by atoms with Crippen molar-refractivity contribution in [3.8, 4) is 0 Å². The van der Waals surface area contributed by atoms with Crippen LogP contribution < -0.4 is 11.1 Å². The van der Waals surface area contributed by atoms with Gasteiger partial charge in [-0.2, -0.15) is 5.10 Å². The first kappa shape index (κ1) is 13.8. The normalized spacial score (nSPS) is 16.5. The molecule has 2 rings (SSSR count). The molecule has 7 nitrogen and oxygen atoms in total. The van der Waals surface area contributed by atoms with E-state index in [1.807, 2.05) is 6.92 Å². The predicted octanol–water partition coefficient (Wildman–Crippen LogP) is -0.453. The minimum Gasteiger partial charge on any atom is -0.396 e. The van der Waals surface area contributed by atoms with Crippen molar-refractivity contribution in [2.45, 2.75) is 13.5 Å². The summed E-state index contributed by atoms with van der Waals surface area (Å²) in [5, 5.41) is 6.94. The molecule has 0 aromatic carbocycles. The highest BCUT2D eigenvalue weighted by atomic mass is 16.5. The molecular formula is C12H21N5O2. The number of nitrogen functional groups attached to an aromatic ring is 1. The Morgan fingerprint density at radius 2 is 2.26 bits per heavy atom. The number of morpholine rings is 1. The third kappa shape index (κ3) is 3.45. The Morgan fingerprint density at radius 3 is 2.95 bits per heavy atom. The Kier molecular flexibility index (Phi) is 4.75. The van der Waals surface area contributed by atoms with E-state index >= 15 is 0 Å². The van der Waals surface area contributed by atoms with Crippen LogP contribution in [0.4, 0.5) is 5.69 Å².